The summed E-state index contributed by atoms with van der Waals surface area (Å²) in [5.74, 6) is 0.0395. The Kier molecular flexibility index (Phi) is 4.85. The van der Waals surface area contributed by atoms with E-state index in [4.69, 9.17) is 15.2 Å². The zero-order chi connectivity index (χ0) is 19.9. The topological polar surface area (TPSA) is 113 Å². The number of carbonyl (C=O) groups is 2. The Morgan fingerprint density at radius 1 is 1.04 bits per heavy atom. The number of rotatable bonds is 1. The predicted molar refractivity (Wildman–Crippen MR) is 97.9 cm³/mol. The Bertz CT molecular complexity index is 817. The van der Waals surface area contributed by atoms with Crippen LogP contribution < -0.4 is 10.6 Å². The van der Waals surface area contributed by atoms with Crippen LogP contribution in [0.1, 0.15) is 41.5 Å². The molecule has 0 aliphatic heterocycles. The van der Waals surface area contributed by atoms with Crippen molar-refractivity contribution in [3.05, 3.63) is 12.4 Å². The van der Waals surface area contributed by atoms with E-state index in [1.54, 1.807) is 48.6 Å². The molecule has 2 heterocycles. The lowest BCUT2D eigenvalue weighted by Gasteiger charge is -2.28. The van der Waals surface area contributed by atoms with Crippen molar-refractivity contribution in [2.24, 2.45) is 7.05 Å². The van der Waals surface area contributed by atoms with Gasteiger partial charge in [0, 0.05) is 12.4 Å². The largest absolute Gasteiger partial charge is 0.443 e. The van der Waals surface area contributed by atoms with Crippen molar-refractivity contribution in [3.8, 4) is 0 Å². The lowest BCUT2D eigenvalue weighted by atomic mass is 10.2. The molecule has 0 spiro atoms. The van der Waals surface area contributed by atoms with Gasteiger partial charge in [0.2, 0.25) is 0 Å². The SMILES string of the molecule is Cn1ncc2c(N)cnc(N(C(=O)OC(C)(C)C)C(=O)OC(C)(C)C)c21. The highest BCUT2D eigenvalue weighted by Gasteiger charge is 2.35. The number of carbonyl (C=O) groups excluding carboxylic acids is 2. The van der Waals surface area contributed by atoms with Crippen LogP contribution in [-0.4, -0.2) is 38.2 Å². The molecule has 0 radical (unpaired) electrons. The highest BCUT2D eigenvalue weighted by molar-refractivity contribution is 6.14. The van der Waals surface area contributed by atoms with E-state index in [-0.39, 0.29) is 5.82 Å². The highest BCUT2D eigenvalue weighted by atomic mass is 16.6. The van der Waals surface area contributed by atoms with Crippen LogP contribution in [0.4, 0.5) is 21.1 Å². The van der Waals surface area contributed by atoms with Gasteiger partial charge in [-0.2, -0.15) is 10.00 Å². The van der Waals surface area contributed by atoms with Crippen molar-refractivity contribution in [1.29, 1.82) is 0 Å². The maximum absolute atomic E-state index is 12.8. The molecule has 2 rings (SSSR count). The molecule has 0 saturated carbocycles. The number of nitrogens with zero attached hydrogens (tertiary/aromatic N) is 4. The predicted octanol–water partition coefficient (Wildman–Crippen LogP) is 3.23. The standard InChI is InChI=1S/C17H25N5O4/c1-16(2,3)25-14(23)22(15(24)26-17(4,5)6)13-12-10(8-20-21(12)7)11(18)9-19-13/h8-9H,18H2,1-7H3. The number of aryl methyl sites for hydroxylation is 1. The summed E-state index contributed by atoms with van der Waals surface area (Å²) in [7, 11) is 1.66. The van der Waals surface area contributed by atoms with Crippen LogP contribution in [0.15, 0.2) is 12.4 Å². The van der Waals surface area contributed by atoms with Gasteiger partial charge in [-0.3, -0.25) is 4.68 Å². The molecule has 2 N–H and O–H groups in total. The molecule has 2 amide bonds. The molecule has 0 aromatic carbocycles. The molecule has 2 aromatic rings. The van der Waals surface area contributed by atoms with Gasteiger partial charge in [0.05, 0.1) is 18.1 Å². The smallest absolute Gasteiger partial charge is 0.425 e. The molecule has 0 unspecified atom stereocenters. The van der Waals surface area contributed by atoms with Crippen molar-refractivity contribution in [2.45, 2.75) is 52.7 Å². The fraction of sp³-hybridized carbons (Fsp3) is 0.529. The van der Waals surface area contributed by atoms with Crippen molar-refractivity contribution < 1.29 is 19.1 Å². The van der Waals surface area contributed by atoms with Crippen molar-refractivity contribution in [1.82, 2.24) is 14.8 Å². The summed E-state index contributed by atoms with van der Waals surface area (Å²) in [5, 5.41) is 4.70. The number of anilines is 2. The van der Waals surface area contributed by atoms with Crippen LogP contribution in [-0.2, 0) is 16.5 Å². The summed E-state index contributed by atoms with van der Waals surface area (Å²) in [6, 6.07) is 0. The summed E-state index contributed by atoms with van der Waals surface area (Å²) in [6.07, 6.45) is 1.11. The Hall–Kier alpha value is -2.84. The van der Waals surface area contributed by atoms with Crippen LogP contribution in [0.3, 0.4) is 0 Å². The average Bonchev–Trinajstić information content (AvgIpc) is 2.81. The van der Waals surface area contributed by atoms with Gasteiger partial charge in [0.1, 0.15) is 16.7 Å². The molecule has 26 heavy (non-hydrogen) atoms. The van der Waals surface area contributed by atoms with E-state index in [2.05, 4.69) is 10.1 Å². The molecule has 9 nitrogen and oxygen atoms in total. The number of nitrogen functional groups attached to an aromatic ring is 1. The van der Waals surface area contributed by atoms with Crippen LogP contribution in [0.25, 0.3) is 10.9 Å². The van der Waals surface area contributed by atoms with E-state index in [1.807, 2.05) is 0 Å². The zero-order valence-electron chi connectivity index (χ0n) is 16.2. The third kappa shape index (κ3) is 4.22. The molecule has 2 aromatic heterocycles. The fourth-order valence-electron chi connectivity index (χ4n) is 2.20. The van der Waals surface area contributed by atoms with Crippen LogP contribution in [0, 0.1) is 0 Å². The van der Waals surface area contributed by atoms with Crippen molar-refractivity contribution in [3.63, 3.8) is 0 Å². The maximum Gasteiger partial charge on any atom is 0.425 e. The van der Waals surface area contributed by atoms with Gasteiger partial charge in [0.25, 0.3) is 0 Å². The molecule has 142 valence electrons. The fourth-order valence-corrected chi connectivity index (χ4v) is 2.20. The first-order valence-electron chi connectivity index (χ1n) is 8.12. The van der Waals surface area contributed by atoms with Gasteiger partial charge in [0.15, 0.2) is 5.82 Å². The number of amides is 2. The van der Waals surface area contributed by atoms with Crippen LogP contribution in [0.2, 0.25) is 0 Å². The van der Waals surface area contributed by atoms with Gasteiger partial charge in [-0.25, -0.2) is 14.6 Å². The summed E-state index contributed by atoms with van der Waals surface area (Å²) < 4.78 is 12.2. The normalized spacial score (nSPS) is 12.1. The number of imide groups is 1. The van der Waals surface area contributed by atoms with Gasteiger partial charge in [-0.05, 0) is 41.5 Å². The summed E-state index contributed by atoms with van der Waals surface area (Å²) in [4.78, 5) is 30.4. The van der Waals surface area contributed by atoms with Crippen molar-refractivity contribution in [2.75, 3.05) is 10.6 Å². The summed E-state index contributed by atoms with van der Waals surface area (Å²) in [6.45, 7) is 10.2. The molecule has 9 heteroatoms. The Balaban J connectivity index is 2.61. The van der Waals surface area contributed by atoms with Gasteiger partial charge >= 0.3 is 12.2 Å². The Labute approximate surface area is 152 Å². The number of pyridine rings is 1. The Morgan fingerprint density at radius 2 is 1.54 bits per heavy atom. The van der Waals surface area contributed by atoms with E-state index in [0.717, 1.165) is 4.90 Å². The van der Waals surface area contributed by atoms with E-state index >= 15 is 0 Å². The second-order valence-electron chi connectivity index (χ2n) is 7.86. The number of hydrogen-bond donors (Lipinski definition) is 1. The Morgan fingerprint density at radius 3 is 2.00 bits per heavy atom. The summed E-state index contributed by atoms with van der Waals surface area (Å²) >= 11 is 0. The summed E-state index contributed by atoms with van der Waals surface area (Å²) in [5.41, 5.74) is 5.11. The van der Waals surface area contributed by atoms with E-state index in [1.165, 1.54) is 17.1 Å². The second kappa shape index (κ2) is 6.47. The van der Waals surface area contributed by atoms with E-state index < -0.39 is 23.4 Å². The average molecular weight is 363 g/mol. The molecule has 0 aliphatic carbocycles. The van der Waals surface area contributed by atoms with Gasteiger partial charge in [-0.1, -0.05) is 0 Å². The number of fused-ring (bicyclic) bond motifs is 1. The minimum atomic E-state index is -0.897. The number of ether oxygens (including phenoxy) is 2. The lowest BCUT2D eigenvalue weighted by molar-refractivity contribution is 0.0429. The first-order valence-corrected chi connectivity index (χ1v) is 8.12. The van der Waals surface area contributed by atoms with Crippen LogP contribution >= 0.6 is 0 Å². The van der Waals surface area contributed by atoms with Gasteiger partial charge in [-0.15, -0.1) is 0 Å². The maximum atomic E-state index is 12.8. The minimum Gasteiger partial charge on any atom is -0.443 e. The first-order chi connectivity index (χ1) is 11.8. The molecule has 0 atom stereocenters. The quantitative estimate of drug-likeness (QED) is 0.827. The van der Waals surface area contributed by atoms with Crippen molar-refractivity contribution >= 4 is 34.6 Å². The minimum absolute atomic E-state index is 0.0395. The van der Waals surface area contributed by atoms with Gasteiger partial charge < -0.3 is 15.2 Å². The monoisotopic (exact) mass is 363 g/mol. The van der Waals surface area contributed by atoms with E-state index in [9.17, 15) is 9.59 Å². The third-order valence-electron chi connectivity index (χ3n) is 3.15. The number of nitrogens with two attached hydrogens (primary N) is 1. The molecular weight excluding hydrogens is 338 g/mol. The molecule has 0 saturated heterocycles. The highest BCUT2D eigenvalue weighted by Crippen LogP contribution is 2.30. The number of aromatic nitrogens is 3. The molecular formula is C17H25N5O4. The first kappa shape index (κ1) is 19.5. The molecule has 0 aliphatic rings. The molecule has 0 bridgehead atoms. The molecule has 0 fully saturated rings. The second-order valence-corrected chi connectivity index (χ2v) is 7.86. The third-order valence-corrected chi connectivity index (χ3v) is 3.15. The lowest BCUT2D eigenvalue weighted by Crippen LogP contribution is -2.44. The van der Waals surface area contributed by atoms with E-state index in [0.29, 0.717) is 16.6 Å². The van der Waals surface area contributed by atoms with Crippen LogP contribution in [0.5, 0.6) is 0 Å². The zero-order valence-corrected chi connectivity index (χ0v) is 16.2. The number of hydrogen-bond acceptors (Lipinski definition) is 7.